The third-order valence-corrected chi connectivity index (χ3v) is 7.97. The minimum Gasteiger partial charge on any atom is -0.352 e. The van der Waals surface area contributed by atoms with Gasteiger partial charge in [0.1, 0.15) is 0 Å². The molecule has 7 heteroatoms. The lowest BCUT2D eigenvalue weighted by Crippen LogP contribution is -2.41. The van der Waals surface area contributed by atoms with Crippen molar-refractivity contribution in [2.24, 2.45) is 5.92 Å². The van der Waals surface area contributed by atoms with Gasteiger partial charge in [-0.15, -0.1) is 10.2 Å². The molecule has 2 atom stereocenters. The first-order valence-electron chi connectivity index (χ1n) is 11.2. The molecule has 0 bridgehead atoms. The van der Waals surface area contributed by atoms with Gasteiger partial charge in [0.25, 0.3) is 0 Å². The first kappa shape index (κ1) is 21.9. The van der Waals surface area contributed by atoms with E-state index >= 15 is 0 Å². The summed E-state index contributed by atoms with van der Waals surface area (Å²) < 4.78 is 3.35. The van der Waals surface area contributed by atoms with Gasteiger partial charge in [-0.25, -0.2) is 0 Å². The number of amides is 1. The maximum absolute atomic E-state index is 12.6. The third-order valence-electron chi connectivity index (χ3n) is 6.50. The third kappa shape index (κ3) is 5.28. The number of thioether (sulfide) groups is 1. The number of aromatic nitrogens is 3. The van der Waals surface area contributed by atoms with Crippen LogP contribution < -0.4 is 5.32 Å². The van der Waals surface area contributed by atoms with Crippen LogP contribution in [0.3, 0.4) is 0 Å². The lowest BCUT2D eigenvalue weighted by Gasteiger charge is -2.29. The van der Waals surface area contributed by atoms with Crippen molar-refractivity contribution in [3.8, 4) is 11.4 Å². The Balaban J connectivity index is 1.49. The fraction of sp³-hybridized carbons (Fsp3) is 0.609. The summed E-state index contributed by atoms with van der Waals surface area (Å²) in [5.41, 5.74) is 1.07. The lowest BCUT2D eigenvalue weighted by molar-refractivity contribution is -0.119. The van der Waals surface area contributed by atoms with Crippen LogP contribution in [0.25, 0.3) is 11.4 Å². The van der Waals surface area contributed by atoms with Crippen LogP contribution >= 0.6 is 27.7 Å². The molecule has 1 N–H and O–H groups in total. The number of carbonyl (C=O) groups is 1. The molecule has 2 saturated carbocycles. The van der Waals surface area contributed by atoms with E-state index in [-0.39, 0.29) is 5.91 Å². The molecule has 5 nitrogen and oxygen atoms in total. The van der Waals surface area contributed by atoms with Gasteiger partial charge < -0.3 is 5.32 Å². The zero-order chi connectivity index (χ0) is 20.9. The predicted molar refractivity (Wildman–Crippen MR) is 126 cm³/mol. The molecule has 1 heterocycles. The second-order valence-corrected chi connectivity index (χ2v) is 10.6. The summed E-state index contributed by atoms with van der Waals surface area (Å²) in [7, 11) is 0. The van der Waals surface area contributed by atoms with E-state index in [1.165, 1.54) is 50.3 Å². The van der Waals surface area contributed by atoms with Gasteiger partial charge in [0.15, 0.2) is 11.0 Å². The molecule has 1 amide bonds. The van der Waals surface area contributed by atoms with E-state index in [9.17, 15) is 4.79 Å². The Morgan fingerprint density at radius 2 is 1.77 bits per heavy atom. The first-order valence-corrected chi connectivity index (χ1v) is 13.0. The number of rotatable bonds is 6. The number of halogens is 1. The van der Waals surface area contributed by atoms with Crippen molar-refractivity contribution in [1.82, 2.24) is 20.1 Å². The Kier molecular flexibility index (Phi) is 7.52. The summed E-state index contributed by atoms with van der Waals surface area (Å²) in [4.78, 5) is 12.6. The normalized spacial score (nSPS) is 22.7. The number of hydrogen-bond donors (Lipinski definition) is 1. The standard InChI is InChI=1S/C23H31BrN4OS/c1-16-7-5-6-10-20(16)25-21(29)15-30-23-27-26-22(17-11-13-18(24)14-12-17)28(23)19-8-3-2-4-9-19/h11-14,16,19-20H,2-10,15H2,1H3,(H,25,29)/t16-,20+/m1/s1. The minimum absolute atomic E-state index is 0.113. The average molecular weight is 491 g/mol. The molecule has 0 saturated heterocycles. The monoisotopic (exact) mass is 490 g/mol. The number of carbonyl (C=O) groups excluding carboxylic acids is 1. The molecular weight excluding hydrogens is 460 g/mol. The van der Waals surface area contributed by atoms with Gasteiger partial charge in [0.2, 0.25) is 5.91 Å². The number of hydrogen-bond acceptors (Lipinski definition) is 4. The highest BCUT2D eigenvalue weighted by molar-refractivity contribution is 9.10. The van der Waals surface area contributed by atoms with Gasteiger partial charge in [-0.05, 0) is 43.7 Å². The van der Waals surface area contributed by atoms with E-state index in [2.05, 4.69) is 55.1 Å². The summed E-state index contributed by atoms with van der Waals surface area (Å²) in [6.45, 7) is 2.25. The molecular formula is C23H31BrN4OS. The molecule has 2 aromatic rings. The van der Waals surface area contributed by atoms with Gasteiger partial charge in [0, 0.05) is 22.1 Å². The van der Waals surface area contributed by atoms with Crippen LogP contribution in [0.5, 0.6) is 0 Å². The minimum atomic E-state index is 0.113. The molecule has 2 aliphatic rings. The maximum Gasteiger partial charge on any atom is 0.230 e. The summed E-state index contributed by atoms with van der Waals surface area (Å²) in [6, 6.07) is 8.98. The Morgan fingerprint density at radius 1 is 1.07 bits per heavy atom. The molecule has 2 aliphatic carbocycles. The Hall–Kier alpha value is -1.34. The molecule has 1 aromatic heterocycles. The highest BCUT2D eigenvalue weighted by Crippen LogP contribution is 2.36. The van der Waals surface area contributed by atoms with E-state index in [0.29, 0.717) is 23.8 Å². The van der Waals surface area contributed by atoms with Crippen molar-refractivity contribution in [2.45, 2.75) is 82.0 Å². The summed E-state index contributed by atoms with van der Waals surface area (Å²) >= 11 is 5.04. The molecule has 0 radical (unpaired) electrons. The second-order valence-electron chi connectivity index (χ2n) is 8.70. The average Bonchev–Trinajstić information content (AvgIpc) is 3.19. The first-order chi connectivity index (χ1) is 14.6. The van der Waals surface area contributed by atoms with Crippen LogP contribution in [0.15, 0.2) is 33.9 Å². The van der Waals surface area contributed by atoms with Gasteiger partial charge >= 0.3 is 0 Å². The van der Waals surface area contributed by atoms with Gasteiger partial charge in [-0.1, -0.05) is 78.9 Å². The highest BCUT2D eigenvalue weighted by atomic mass is 79.9. The number of nitrogens with one attached hydrogen (secondary N) is 1. The SMILES string of the molecule is C[C@@H]1CCCC[C@@H]1NC(=O)CSc1nnc(-c2ccc(Br)cc2)n1C1CCCCC1. The largest absolute Gasteiger partial charge is 0.352 e. The molecule has 1 aromatic carbocycles. The topological polar surface area (TPSA) is 59.8 Å². The van der Waals surface area contributed by atoms with Crippen LogP contribution in [0.2, 0.25) is 0 Å². The fourth-order valence-corrected chi connectivity index (χ4v) is 5.83. The number of benzene rings is 1. The van der Waals surface area contributed by atoms with E-state index in [1.807, 2.05) is 12.1 Å². The van der Waals surface area contributed by atoms with Crippen LogP contribution in [0.4, 0.5) is 0 Å². The summed E-state index contributed by atoms with van der Waals surface area (Å²) in [6.07, 6.45) is 10.9. The quantitative estimate of drug-likeness (QED) is 0.504. The smallest absolute Gasteiger partial charge is 0.230 e. The molecule has 2 fully saturated rings. The Bertz CT molecular complexity index is 847. The van der Waals surface area contributed by atoms with Crippen LogP contribution in [0.1, 0.15) is 70.8 Å². The van der Waals surface area contributed by atoms with Gasteiger partial charge in [0.05, 0.1) is 5.75 Å². The molecule has 30 heavy (non-hydrogen) atoms. The van der Waals surface area contributed by atoms with Crippen molar-refractivity contribution in [2.75, 3.05) is 5.75 Å². The van der Waals surface area contributed by atoms with E-state index < -0.39 is 0 Å². The van der Waals surface area contributed by atoms with Crippen molar-refractivity contribution >= 4 is 33.6 Å². The van der Waals surface area contributed by atoms with Crippen LogP contribution in [-0.4, -0.2) is 32.5 Å². The maximum atomic E-state index is 12.6. The zero-order valence-electron chi connectivity index (χ0n) is 17.6. The van der Waals surface area contributed by atoms with E-state index in [4.69, 9.17) is 0 Å². The van der Waals surface area contributed by atoms with E-state index in [0.717, 1.165) is 40.3 Å². The lowest BCUT2D eigenvalue weighted by atomic mass is 9.86. The number of nitrogens with zero attached hydrogens (tertiary/aromatic N) is 3. The second kappa shape index (κ2) is 10.3. The van der Waals surface area contributed by atoms with Crippen LogP contribution in [-0.2, 0) is 4.79 Å². The molecule has 0 aliphatic heterocycles. The summed E-state index contributed by atoms with van der Waals surface area (Å²) in [5, 5.41) is 13.2. The van der Waals surface area contributed by atoms with Crippen LogP contribution in [0, 0.1) is 5.92 Å². The fourth-order valence-electron chi connectivity index (χ4n) is 4.75. The van der Waals surface area contributed by atoms with Crippen molar-refractivity contribution in [3.63, 3.8) is 0 Å². The van der Waals surface area contributed by atoms with Gasteiger partial charge in [-0.3, -0.25) is 9.36 Å². The summed E-state index contributed by atoms with van der Waals surface area (Å²) in [5.74, 6) is 2.00. The van der Waals surface area contributed by atoms with Crippen molar-refractivity contribution < 1.29 is 4.79 Å². The predicted octanol–water partition coefficient (Wildman–Crippen LogP) is 6.00. The molecule has 0 spiro atoms. The molecule has 4 rings (SSSR count). The Morgan fingerprint density at radius 3 is 2.50 bits per heavy atom. The van der Waals surface area contributed by atoms with E-state index in [1.54, 1.807) is 0 Å². The Labute approximate surface area is 191 Å². The van der Waals surface area contributed by atoms with Crippen molar-refractivity contribution in [3.05, 3.63) is 28.7 Å². The molecule has 162 valence electrons. The van der Waals surface area contributed by atoms with Gasteiger partial charge in [-0.2, -0.15) is 0 Å². The molecule has 0 unspecified atom stereocenters. The highest BCUT2D eigenvalue weighted by Gasteiger charge is 2.26. The zero-order valence-corrected chi connectivity index (χ0v) is 20.1. The van der Waals surface area contributed by atoms with Crippen molar-refractivity contribution in [1.29, 1.82) is 0 Å².